The van der Waals surface area contributed by atoms with E-state index in [2.05, 4.69) is 24.4 Å². The highest BCUT2D eigenvalue weighted by Crippen LogP contribution is 2.18. The lowest BCUT2D eigenvalue weighted by Gasteiger charge is -2.27. The van der Waals surface area contributed by atoms with Crippen LogP contribution in [-0.4, -0.2) is 19.3 Å². The number of ether oxygens (including phenoxy) is 1. The van der Waals surface area contributed by atoms with Gasteiger partial charge in [-0.2, -0.15) is 0 Å². The fourth-order valence-corrected chi connectivity index (χ4v) is 2.19. The number of halogens is 1. The molecule has 0 amide bonds. The first-order valence-electron chi connectivity index (χ1n) is 5.85. The van der Waals surface area contributed by atoms with Crippen molar-refractivity contribution >= 4 is 11.6 Å². The van der Waals surface area contributed by atoms with Crippen molar-refractivity contribution in [1.29, 1.82) is 0 Å². The fourth-order valence-electron chi connectivity index (χ4n) is 2.07. The van der Waals surface area contributed by atoms with E-state index in [1.54, 1.807) is 0 Å². The van der Waals surface area contributed by atoms with Gasteiger partial charge in [0, 0.05) is 30.3 Å². The lowest BCUT2D eigenvalue weighted by atomic mass is 10.0. The van der Waals surface area contributed by atoms with Gasteiger partial charge >= 0.3 is 0 Å². The van der Waals surface area contributed by atoms with Crippen molar-refractivity contribution in [3.8, 4) is 0 Å². The van der Waals surface area contributed by atoms with Crippen LogP contribution in [0.25, 0.3) is 0 Å². The van der Waals surface area contributed by atoms with Gasteiger partial charge in [0.15, 0.2) is 0 Å². The molecule has 0 aromatic heterocycles. The minimum absolute atomic E-state index is 0.375. The molecule has 1 saturated heterocycles. The normalized spacial score (nSPS) is 19.6. The monoisotopic (exact) mass is 239 g/mol. The van der Waals surface area contributed by atoms with E-state index in [1.165, 1.54) is 5.56 Å². The molecular formula is C13H18ClNO. The fraction of sp³-hybridized carbons (Fsp3) is 0.538. The summed E-state index contributed by atoms with van der Waals surface area (Å²) in [6.07, 6.45) is 2.22. The van der Waals surface area contributed by atoms with E-state index in [9.17, 15) is 0 Å². The summed E-state index contributed by atoms with van der Waals surface area (Å²) in [5.74, 6) is 0. The van der Waals surface area contributed by atoms with Crippen molar-refractivity contribution in [3.05, 3.63) is 34.9 Å². The maximum atomic E-state index is 5.87. The molecule has 1 aliphatic rings. The Hall–Kier alpha value is -0.570. The Morgan fingerprint density at radius 1 is 1.25 bits per heavy atom. The van der Waals surface area contributed by atoms with E-state index in [-0.39, 0.29) is 0 Å². The molecule has 0 radical (unpaired) electrons. The van der Waals surface area contributed by atoms with Crippen molar-refractivity contribution in [3.63, 3.8) is 0 Å². The second kappa shape index (κ2) is 5.67. The average molecular weight is 240 g/mol. The van der Waals surface area contributed by atoms with Crippen LogP contribution in [0.5, 0.6) is 0 Å². The first-order valence-corrected chi connectivity index (χ1v) is 6.23. The molecular weight excluding hydrogens is 222 g/mol. The number of benzene rings is 1. The van der Waals surface area contributed by atoms with Crippen molar-refractivity contribution in [2.75, 3.05) is 13.2 Å². The number of hydrogen-bond donors (Lipinski definition) is 1. The van der Waals surface area contributed by atoms with Crippen LogP contribution in [0.2, 0.25) is 5.02 Å². The Morgan fingerprint density at radius 3 is 2.50 bits per heavy atom. The van der Waals surface area contributed by atoms with Gasteiger partial charge in [-0.1, -0.05) is 23.7 Å². The third kappa shape index (κ3) is 3.21. The maximum Gasteiger partial charge on any atom is 0.0480 e. The summed E-state index contributed by atoms with van der Waals surface area (Å²) >= 11 is 5.87. The summed E-state index contributed by atoms with van der Waals surface area (Å²) in [6.45, 7) is 3.95. The molecule has 1 aliphatic heterocycles. The number of nitrogens with one attached hydrogen (secondary N) is 1. The van der Waals surface area contributed by atoms with Crippen LogP contribution in [0.15, 0.2) is 24.3 Å². The van der Waals surface area contributed by atoms with Gasteiger partial charge in [0.25, 0.3) is 0 Å². The summed E-state index contributed by atoms with van der Waals surface area (Å²) in [6, 6.07) is 9.01. The summed E-state index contributed by atoms with van der Waals surface area (Å²) in [5.41, 5.74) is 1.29. The van der Waals surface area contributed by atoms with Crippen LogP contribution in [-0.2, 0) is 4.74 Å². The van der Waals surface area contributed by atoms with Gasteiger partial charge in [0.2, 0.25) is 0 Å². The number of rotatable bonds is 3. The van der Waals surface area contributed by atoms with Crippen molar-refractivity contribution in [2.45, 2.75) is 31.8 Å². The average Bonchev–Trinajstić information content (AvgIpc) is 2.31. The van der Waals surface area contributed by atoms with Crippen LogP contribution < -0.4 is 5.32 Å². The molecule has 1 heterocycles. The van der Waals surface area contributed by atoms with Crippen molar-refractivity contribution in [1.82, 2.24) is 5.32 Å². The predicted molar refractivity (Wildman–Crippen MR) is 66.8 cm³/mol. The minimum Gasteiger partial charge on any atom is -0.381 e. The zero-order chi connectivity index (χ0) is 11.4. The van der Waals surface area contributed by atoms with E-state index in [0.717, 1.165) is 31.1 Å². The summed E-state index contributed by atoms with van der Waals surface area (Å²) < 4.78 is 5.35. The van der Waals surface area contributed by atoms with Gasteiger partial charge in [0.05, 0.1) is 0 Å². The second-order valence-electron chi connectivity index (χ2n) is 4.33. The Morgan fingerprint density at radius 2 is 1.88 bits per heavy atom. The lowest BCUT2D eigenvalue weighted by Crippen LogP contribution is -2.36. The maximum absolute atomic E-state index is 5.87. The lowest BCUT2D eigenvalue weighted by molar-refractivity contribution is 0.0754. The van der Waals surface area contributed by atoms with E-state index in [0.29, 0.717) is 12.1 Å². The van der Waals surface area contributed by atoms with Gasteiger partial charge in [-0.05, 0) is 37.5 Å². The molecule has 0 bridgehead atoms. The first kappa shape index (κ1) is 11.9. The first-order chi connectivity index (χ1) is 7.75. The molecule has 0 spiro atoms. The van der Waals surface area contributed by atoms with E-state index < -0.39 is 0 Å². The Kier molecular flexibility index (Phi) is 4.22. The molecule has 0 aliphatic carbocycles. The molecule has 2 nitrogen and oxygen atoms in total. The van der Waals surface area contributed by atoms with Crippen LogP contribution in [0.4, 0.5) is 0 Å². The van der Waals surface area contributed by atoms with E-state index in [4.69, 9.17) is 16.3 Å². The Bertz CT molecular complexity index is 319. The molecule has 1 atom stereocenters. The van der Waals surface area contributed by atoms with Crippen LogP contribution in [0, 0.1) is 0 Å². The van der Waals surface area contributed by atoms with Gasteiger partial charge in [-0.15, -0.1) is 0 Å². The molecule has 0 saturated carbocycles. The third-order valence-corrected chi connectivity index (χ3v) is 3.33. The Labute approximate surface area is 102 Å². The smallest absolute Gasteiger partial charge is 0.0480 e. The van der Waals surface area contributed by atoms with Crippen LogP contribution in [0.3, 0.4) is 0 Å². The molecule has 16 heavy (non-hydrogen) atoms. The highest BCUT2D eigenvalue weighted by atomic mass is 35.5. The third-order valence-electron chi connectivity index (χ3n) is 3.08. The standard InChI is InChI=1S/C13H18ClNO/c1-10(11-2-4-12(14)5-3-11)15-13-6-8-16-9-7-13/h2-5,10,13,15H,6-9H2,1H3/t10-/m0/s1. The quantitative estimate of drug-likeness (QED) is 0.875. The summed E-state index contributed by atoms with van der Waals surface area (Å²) in [4.78, 5) is 0. The van der Waals surface area contributed by atoms with E-state index in [1.807, 2.05) is 12.1 Å². The van der Waals surface area contributed by atoms with Crippen molar-refractivity contribution in [2.24, 2.45) is 0 Å². The largest absolute Gasteiger partial charge is 0.381 e. The summed E-state index contributed by atoms with van der Waals surface area (Å²) in [5, 5.41) is 4.43. The molecule has 0 unspecified atom stereocenters. The molecule has 3 heteroatoms. The second-order valence-corrected chi connectivity index (χ2v) is 4.76. The molecule has 88 valence electrons. The molecule has 2 rings (SSSR count). The zero-order valence-corrected chi connectivity index (χ0v) is 10.3. The highest BCUT2D eigenvalue weighted by Gasteiger charge is 2.16. The zero-order valence-electron chi connectivity index (χ0n) is 9.58. The minimum atomic E-state index is 0.375. The van der Waals surface area contributed by atoms with Gasteiger partial charge in [-0.3, -0.25) is 0 Å². The van der Waals surface area contributed by atoms with E-state index >= 15 is 0 Å². The van der Waals surface area contributed by atoms with Crippen LogP contribution >= 0.6 is 11.6 Å². The Balaban J connectivity index is 1.91. The van der Waals surface area contributed by atoms with Gasteiger partial charge < -0.3 is 10.1 Å². The molecule has 1 aromatic rings. The van der Waals surface area contributed by atoms with Crippen LogP contribution in [0.1, 0.15) is 31.4 Å². The molecule has 1 aromatic carbocycles. The molecule has 1 N–H and O–H groups in total. The summed E-state index contributed by atoms with van der Waals surface area (Å²) in [7, 11) is 0. The van der Waals surface area contributed by atoms with Gasteiger partial charge in [-0.25, -0.2) is 0 Å². The van der Waals surface area contributed by atoms with Gasteiger partial charge in [0.1, 0.15) is 0 Å². The van der Waals surface area contributed by atoms with Crippen molar-refractivity contribution < 1.29 is 4.74 Å². The SMILES string of the molecule is C[C@H](NC1CCOCC1)c1ccc(Cl)cc1. The topological polar surface area (TPSA) is 21.3 Å². The number of hydrogen-bond acceptors (Lipinski definition) is 2. The highest BCUT2D eigenvalue weighted by molar-refractivity contribution is 6.30. The molecule has 1 fully saturated rings. The predicted octanol–water partition coefficient (Wildman–Crippen LogP) is 3.17.